The summed E-state index contributed by atoms with van der Waals surface area (Å²) in [6, 6.07) is 20.9. The predicted molar refractivity (Wildman–Crippen MR) is 129 cm³/mol. The number of nitrogens with zero attached hydrogens (tertiary/aromatic N) is 2. The van der Waals surface area contributed by atoms with Gasteiger partial charge < -0.3 is 4.90 Å². The van der Waals surface area contributed by atoms with E-state index in [1.165, 1.54) is 83.1 Å². The maximum atomic E-state index is 2.87. The first kappa shape index (κ1) is 21.4. The third kappa shape index (κ3) is 4.59. The Morgan fingerprint density at radius 2 is 1.57 bits per heavy atom. The number of piperidine rings is 1. The van der Waals surface area contributed by atoms with Crippen molar-refractivity contribution in [2.24, 2.45) is 0 Å². The molecule has 2 heteroatoms. The molecule has 30 heavy (non-hydrogen) atoms. The van der Waals surface area contributed by atoms with Crippen LogP contribution in [0, 0.1) is 0 Å². The number of hydrogen-bond donors (Lipinski definition) is 0. The number of hydrogen-bond acceptors (Lipinski definition) is 2. The fourth-order valence-corrected chi connectivity index (χ4v) is 6.15. The molecule has 0 bridgehead atoms. The van der Waals surface area contributed by atoms with E-state index in [-0.39, 0.29) is 0 Å². The molecule has 2 aromatic carbocycles. The zero-order chi connectivity index (χ0) is 20.8. The molecular formula is C28H40N2. The molecule has 2 aromatic rings. The molecule has 1 fully saturated rings. The van der Waals surface area contributed by atoms with Crippen molar-refractivity contribution in [2.45, 2.75) is 83.2 Å². The van der Waals surface area contributed by atoms with Gasteiger partial charge in [-0.3, -0.25) is 4.90 Å². The lowest BCUT2D eigenvalue weighted by Gasteiger charge is -2.49. The smallest absolute Gasteiger partial charge is 0.0370 e. The zero-order valence-corrected chi connectivity index (χ0v) is 19.2. The van der Waals surface area contributed by atoms with Crippen LogP contribution in [0.2, 0.25) is 0 Å². The molecule has 1 saturated heterocycles. The van der Waals surface area contributed by atoms with Crippen LogP contribution in [0.5, 0.6) is 0 Å². The predicted octanol–water partition coefficient (Wildman–Crippen LogP) is 6.49. The summed E-state index contributed by atoms with van der Waals surface area (Å²) in [5, 5.41) is 0. The monoisotopic (exact) mass is 404 g/mol. The van der Waals surface area contributed by atoms with Gasteiger partial charge in [0.2, 0.25) is 0 Å². The topological polar surface area (TPSA) is 6.48 Å². The third-order valence-corrected chi connectivity index (χ3v) is 7.58. The summed E-state index contributed by atoms with van der Waals surface area (Å²) < 4.78 is 0. The minimum Gasteiger partial charge on any atom is -0.368 e. The third-order valence-electron chi connectivity index (χ3n) is 7.58. The van der Waals surface area contributed by atoms with E-state index in [0.29, 0.717) is 11.6 Å². The first-order valence-corrected chi connectivity index (χ1v) is 12.4. The molecule has 162 valence electrons. The number of fused-ring (bicyclic) bond motifs is 1. The highest BCUT2D eigenvalue weighted by atomic mass is 15.2. The summed E-state index contributed by atoms with van der Waals surface area (Å²) in [7, 11) is 0. The van der Waals surface area contributed by atoms with Crippen LogP contribution in [0.25, 0.3) is 0 Å². The molecule has 0 aromatic heterocycles. The SMILES string of the molecule is CCCN1CCCCC1(CCC)CCN(c1ccccc1)C1Cc2ccccc2C1. The van der Waals surface area contributed by atoms with Crippen LogP contribution in [0.4, 0.5) is 5.69 Å². The van der Waals surface area contributed by atoms with Gasteiger partial charge in [-0.15, -0.1) is 0 Å². The van der Waals surface area contributed by atoms with Crippen molar-refractivity contribution in [3.63, 3.8) is 0 Å². The maximum Gasteiger partial charge on any atom is 0.0370 e. The highest BCUT2D eigenvalue weighted by Crippen LogP contribution is 2.37. The van der Waals surface area contributed by atoms with Gasteiger partial charge in [0, 0.05) is 23.8 Å². The summed E-state index contributed by atoms with van der Waals surface area (Å²) in [4.78, 5) is 5.61. The quantitative estimate of drug-likeness (QED) is 0.471. The highest BCUT2D eigenvalue weighted by molar-refractivity contribution is 5.49. The Morgan fingerprint density at radius 3 is 2.23 bits per heavy atom. The van der Waals surface area contributed by atoms with E-state index < -0.39 is 0 Å². The van der Waals surface area contributed by atoms with Gasteiger partial charge in [-0.1, -0.05) is 69.2 Å². The van der Waals surface area contributed by atoms with Gasteiger partial charge in [0.15, 0.2) is 0 Å². The first-order chi connectivity index (χ1) is 14.8. The molecule has 2 aliphatic rings. The van der Waals surface area contributed by atoms with Crippen LogP contribution in [0.3, 0.4) is 0 Å². The summed E-state index contributed by atoms with van der Waals surface area (Å²) in [5.74, 6) is 0. The second-order valence-corrected chi connectivity index (χ2v) is 9.53. The van der Waals surface area contributed by atoms with Gasteiger partial charge in [0.25, 0.3) is 0 Å². The van der Waals surface area contributed by atoms with E-state index in [1.54, 1.807) is 11.1 Å². The Labute approximate surface area is 184 Å². The van der Waals surface area contributed by atoms with Gasteiger partial charge in [0.05, 0.1) is 0 Å². The van der Waals surface area contributed by atoms with Gasteiger partial charge in [0.1, 0.15) is 0 Å². The molecular weight excluding hydrogens is 364 g/mol. The Morgan fingerprint density at radius 1 is 0.867 bits per heavy atom. The summed E-state index contributed by atoms with van der Waals surface area (Å²) >= 11 is 0. The fourth-order valence-electron chi connectivity index (χ4n) is 6.15. The van der Waals surface area contributed by atoms with Crippen molar-refractivity contribution in [1.29, 1.82) is 0 Å². The van der Waals surface area contributed by atoms with Crippen LogP contribution in [0.1, 0.15) is 69.9 Å². The fraction of sp³-hybridized carbons (Fsp3) is 0.571. The van der Waals surface area contributed by atoms with E-state index in [2.05, 4.69) is 78.2 Å². The minimum atomic E-state index is 0.404. The van der Waals surface area contributed by atoms with Crippen molar-refractivity contribution >= 4 is 5.69 Å². The Balaban J connectivity index is 1.56. The standard InChI is InChI=1S/C28H40N2/c1-3-16-28(17-10-11-20-29(28)19-4-2)18-21-30(26-14-6-5-7-15-26)27-22-24-12-8-9-13-25(24)23-27/h5-9,12-15,27H,3-4,10-11,16-23H2,1-2H3. The maximum absolute atomic E-state index is 2.87. The molecule has 1 aliphatic carbocycles. The number of anilines is 1. The molecule has 1 unspecified atom stereocenters. The number of benzene rings is 2. The average molecular weight is 405 g/mol. The van der Waals surface area contributed by atoms with E-state index in [1.807, 2.05) is 0 Å². The van der Waals surface area contributed by atoms with Crippen molar-refractivity contribution in [3.05, 3.63) is 65.7 Å². The normalized spacial score (nSPS) is 22.2. The average Bonchev–Trinajstić information content (AvgIpc) is 3.20. The van der Waals surface area contributed by atoms with Gasteiger partial charge in [-0.25, -0.2) is 0 Å². The second kappa shape index (κ2) is 10.0. The summed E-state index contributed by atoms with van der Waals surface area (Å²) in [5.41, 5.74) is 4.91. The molecule has 2 nitrogen and oxygen atoms in total. The van der Waals surface area contributed by atoms with E-state index in [4.69, 9.17) is 0 Å². The van der Waals surface area contributed by atoms with Crippen LogP contribution < -0.4 is 4.90 Å². The highest BCUT2D eigenvalue weighted by Gasteiger charge is 2.38. The van der Waals surface area contributed by atoms with Gasteiger partial charge in [-0.2, -0.15) is 0 Å². The van der Waals surface area contributed by atoms with Crippen LogP contribution in [-0.2, 0) is 12.8 Å². The Kier molecular flexibility index (Phi) is 7.15. The summed E-state index contributed by atoms with van der Waals surface area (Å²) in [6.07, 6.45) is 11.7. The van der Waals surface area contributed by atoms with Crippen molar-refractivity contribution in [3.8, 4) is 0 Å². The van der Waals surface area contributed by atoms with Crippen LogP contribution >= 0.6 is 0 Å². The van der Waals surface area contributed by atoms with Gasteiger partial charge in [-0.05, 0) is 81.3 Å². The largest absolute Gasteiger partial charge is 0.368 e. The van der Waals surface area contributed by atoms with Gasteiger partial charge >= 0.3 is 0 Å². The Hall–Kier alpha value is -1.80. The van der Waals surface area contributed by atoms with E-state index in [0.717, 1.165) is 0 Å². The van der Waals surface area contributed by atoms with Crippen LogP contribution in [-0.4, -0.2) is 36.1 Å². The van der Waals surface area contributed by atoms with Crippen molar-refractivity contribution in [2.75, 3.05) is 24.5 Å². The van der Waals surface area contributed by atoms with Crippen molar-refractivity contribution < 1.29 is 0 Å². The number of para-hydroxylation sites is 1. The molecule has 0 N–H and O–H groups in total. The second-order valence-electron chi connectivity index (χ2n) is 9.53. The molecule has 0 saturated carbocycles. The molecule has 1 heterocycles. The number of rotatable bonds is 9. The molecule has 0 radical (unpaired) electrons. The van der Waals surface area contributed by atoms with E-state index in [9.17, 15) is 0 Å². The zero-order valence-electron chi connectivity index (χ0n) is 19.2. The molecule has 1 atom stereocenters. The lowest BCUT2D eigenvalue weighted by molar-refractivity contribution is 0.0317. The first-order valence-electron chi connectivity index (χ1n) is 12.4. The van der Waals surface area contributed by atoms with E-state index >= 15 is 0 Å². The van der Waals surface area contributed by atoms with Crippen LogP contribution in [0.15, 0.2) is 54.6 Å². The lowest BCUT2D eigenvalue weighted by Crippen LogP contribution is -2.54. The molecule has 0 spiro atoms. The number of likely N-dealkylation sites (tertiary alicyclic amines) is 1. The molecule has 4 rings (SSSR count). The molecule has 1 aliphatic heterocycles. The lowest BCUT2D eigenvalue weighted by atomic mass is 9.79. The Bertz CT molecular complexity index is 755. The molecule has 0 amide bonds. The minimum absolute atomic E-state index is 0.404. The summed E-state index contributed by atoms with van der Waals surface area (Å²) in [6.45, 7) is 8.46. The van der Waals surface area contributed by atoms with Crippen molar-refractivity contribution in [1.82, 2.24) is 4.90 Å².